The molecule has 0 N–H and O–H groups in total. The van der Waals surface area contributed by atoms with Crippen LogP contribution in [0.5, 0.6) is 0 Å². The summed E-state index contributed by atoms with van der Waals surface area (Å²) in [7, 11) is -3.93. The van der Waals surface area contributed by atoms with Crippen molar-refractivity contribution in [3.05, 3.63) is 56.6 Å². The third-order valence-electron chi connectivity index (χ3n) is 4.12. The quantitative estimate of drug-likeness (QED) is 0.714. The molecule has 8 nitrogen and oxygen atoms in total. The average molecular weight is 365 g/mol. The van der Waals surface area contributed by atoms with Crippen LogP contribution in [0.15, 0.2) is 38.8 Å². The molecule has 0 bridgehead atoms. The Bertz CT molecular complexity index is 990. The summed E-state index contributed by atoms with van der Waals surface area (Å²) in [6.07, 6.45) is 2.35. The van der Waals surface area contributed by atoms with E-state index in [1.54, 1.807) is 12.1 Å². The van der Waals surface area contributed by atoms with Crippen molar-refractivity contribution >= 4 is 10.1 Å². The summed E-state index contributed by atoms with van der Waals surface area (Å²) in [5, 5.41) is 0. The SMILES string of the molecule is Cc1ccc(S(=O)(=O)OCCn2c(=O)nc3n(c2=O)CCCC3)cc1. The van der Waals surface area contributed by atoms with Crippen molar-refractivity contribution in [3.8, 4) is 0 Å². The third-order valence-corrected chi connectivity index (χ3v) is 5.45. The van der Waals surface area contributed by atoms with Gasteiger partial charge in [-0.1, -0.05) is 17.7 Å². The molecular weight excluding hydrogens is 346 g/mol. The maximum Gasteiger partial charge on any atom is 0.353 e. The fourth-order valence-corrected chi connectivity index (χ4v) is 3.64. The summed E-state index contributed by atoms with van der Waals surface area (Å²) in [6, 6.07) is 6.24. The summed E-state index contributed by atoms with van der Waals surface area (Å²) in [5.41, 5.74) is -0.209. The zero-order valence-electron chi connectivity index (χ0n) is 13.8. The second kappa shape index (κ2) is 6.93. The number of fused-ring (bicyclic) bond motifs is 1. The topological polar surface area (TPSA) is 100 Å². The van der Waals surface area contributed by atoms with Gasteiger partial charge in [0.25, 0.3) is 10.1 Å². The van der Waals surface area contributed by atoms with E-state index in [4.69, 9.17) is 4.18 Å². The minimum absolute atomic E-state index is 0.0331. The molecule has 0 aliphatic carbocycles. The van der Waals surface area contributed by atoms with Crippen molar-refractivity contribution in [1.29, 1.82) is 0 Å². The van der Waals surface area contributed by atoms with E-state index in [1.807, 2.05) is 6.92 Å². The molecule has 1 aliphatic heterocycles. The Balaban J connectivity index is 1.75. The van der Waals surface area contributed by atoms with Crippen molar-refractivity contribution in [1.82, 2.24) is 14.1 Å². The Morgan fingerprint density at radius 2 is 1.88 bits per heavy atom. The lowest BCUT2D eigenvalue weighted by Crippen LogP contribution is -2.45. The second-order valence-electron chi connectivity index (χ2n) is 5.94. The van der Waals surface area contributed by atoms with E-state index in [9.17, 15) is 18.0 Å². The van der Waals surface area contributed by atoms with Gasteiger partial charge in [-0.2, -0.15) is 13.4 Å². The van der Waals surface area contributed by atoms with E-state index < -0.39 is 21.5 Å². The number of rotatable bonds is 5. The maximum atomic E-state index is 12.4. The van der Waals surface area contributed by atoms with Crippen molar-refractivity contribution in [2.24, 2.45) is 0 Å². The fraction of sp³-hybridized carbons (Fsp3) is 0.438. The smallest absolute Gasteiger partial charge is 0.281 e. The predicted octanol–water partition coefficient (Wildman–Crippen LogP) is 0.455. The molecule has 0 amide bonds. The molecule has 1 aromatic heterocycles. The largest absolute Gasteiger partial charge is 0.353 e. The highest BCUT2D eigenvalue weighted by atomic mass is 32.2. The molecule has 2 heterocycles. The standard InChI is InChI=1S/C16H19N3O5S/c1-12-5-7-13(8-6-12)25(22,23)24-11-10-19-15(20)17-14-4-2-3-9-18(14)16(19)21/h5-8H,2-4,9-11H2,1H3. The predicted molar refractivity (Wildman–Crippen MR) is 90.0 cm³/mol. The van der Waals surface area contributed by atoms with Gasteiger partial charge in [0.15, 0.2) is 0 Å². The van der Waals surface area contributed by atoms with Crippen LogP contribution < -0.4 is 11.4 Å². The lowest BCUT2D eigenvalue weighted by molar-refractivity contribution is 0.290. The highest BCUT2D eigenvalue weighted by Gasteiger charge is 2.18. The van der Waals surface area contributed by atoms with Gasteiger partial charge in [-0.25, -0.2) is 14.2 Å². The van der Waals surface area contributed by atoms with Crippen molar-refractivity contribution < 1.29 is 12.6 Å². The Kier molecular flexibility index (Phi) is 4.87. The van der Waals surface area contributed by atoms with Gasteiger partial charge in [0.2, 0.25) is 0 Å². The van der Waals surface area contributed by atoms with Gasteiger partial charge in [0, 0.05) is 13.0 Å². The fourth-order valence-electron chi connectivity index (χ4n) is 2.74. The Morgan fingerprint density at radius 3 is 2.60 bits per heavy atom. The maximum absolute atomic E-state index is 12.4. The number of hydrogen-bond acceptors (Lipinski definition) is 6. The zero-order valence-corrected chi connectivity index (χ0v) is 14.7. The zero-order chi connectivity index (χ0) is 18.0. The second-order valence-corrected chi connectivity index (χ2v) is 7.56. The Morgan fingerprint density at radius 1 is 1.16 bits per heavy atom. The molecule has 25 heavy (non-hydrogen) atoms. The van der Waals surface area contributed by atoms with Crippen LogP contribution >= 0.6 is 0 Å². The third kappa shape index (κ3) is 3.72. The number of benzene rings is 1. The summed E-state index contributed by atoms with van der Waals surface area (Å²) in [5.74, 6) is 0.491. The molecular formula is C16H19N3O5S. The molecule has 0 spiro atoms. The van der Waals surface area contributed by atoms with E-state index in [0.29, 0.717) is 18.8 Å². The lowest BCUT2D eigenvalue weighted by Gasteiger charge is -2.17. The van der Waals surface area contributed by atoms with Gasteiger partial charge >= 0.3 is 11.4 Å². The lowest BCUT2D eigenvalue weighted by atomic mass is 10.2. The minimum atomic E-state index is -3.93. The van der Waals surface area contributed by atoms with E-state index in [1.165, 1.54) is 16.7 Å². The summed E-state index contributed by atoms with van der Waals surface area (Å²) in [6.45, 7) is 1.88. The molecule has 134 valence electrons. The first kappa shape index (κ1) is 17.6. The minimum Gasteiger partial charge on any atom is -0.281 e. The molecule has 9 heteroatoms. The van der Waals surface area contributed by atoms with Crippen LogP contribution in [0.3, 0.4) is 0 Å². The van der Waals surface area contributed by atoms with Crippen LogP contribution in [0.1, 0.15) is 24.2 Å². The molecule has 0 saturated heterocycles. The molecule has 0 saturated carbocycles. The summed E-state index contributed by atoms with van der Waals surface area (Å²) in [4.78, 5) is 28.3. The van der Waals surface area contributed by atoms with Crippen LogP contribution in [-0.2, 0) is 33.8 Å². The molecule has 2 aromatic rings. The van der Waals surface area contributed by atoms with Crippen molar-refractivity contribution in [3.63, 3.8) is 0 Å². The molecule has 0 fully saturated rings. The summed E-state index contributed by atoms with van der Waals surface area (Å²) >= 11 is 0. The first-order valence-electron chi connectivity index (χ1n) is 8.05. The monoisotopic (exact) mass is 365 g/mol. The normalized spacial score (nSPS) is 14.3. The Hall–Kier alpha value is -2.26. The first-order valence-corrected chi connectivity index (χ1v) is 9.46. The van der Waals surface area contributed by atoms with Gasteiger partial charge in [0.1, 0.15) is 5.82 Å². The molecule has 3 rings (SSSR count). The van der Waals surface area contributed by atoms with Crippen LogP contribution in [0.2, 0.25) is 0 Å². The van der Waals surface area contributed by atoms with Crippen LogP contribution in [-0.4, -0.2) is 29.1 Å². The van der Waals surface area contributed by atoms with E-state index in [2.05, 4.69) is 4.98 Å². The van der Waals surface area contributed by atoms with E-state index >= 15 is 0 Å². The Labute approximate surface area is 144 Å². The van der Waals surface area contributed by atoms with Gasteiger partial charge < -0.3 is 0 Å². The molecule has 0 atom stereocenters. The van der Waals surface area contributed by atoms with Crippen molar-refractivity contribution in [2.45, 2.75) is 44.2 Å². The van der Waals surface area contributed by atoms with E-state index in [-0.39, 0.29) is 18.0 Å². The van der Waals surface area contributed by atoms with Gasteiger partial charge in [-0.15, -0.1) is 0 Å². The van der Waals surface area contributed by atoms with Gasteiger partial charge in [0.05, 0.1) is 18.0 Å². The number of aryl methyl sites for hydroxylation is 2. The van der Waals surface area contributed by atoms with Gasteiger partial charge in [-0.3, -0.25) is 8.75 Å². The molecule has 0 radical (unpaired) electrons. The first-order chi connectivity index (χ1) is 11.9. The molecule has 1 aromatic carbocycles. The van der Waals surface area contributed by atoms with Crippen molar-refractivity contribution in [2.75, 3.05) is 6.61 Å². The van der Waals surface area contributed by atoms with Crippen LogP contribution in [0.4, 0.5) is 0 Å². The molecule has 0 unspecified atom stereocenters. The highest BCUT2D eigenvalue weighted by Crippen LogP contribution is 2.13. The van der Waals surface area contributed by atoms with Crippen LogP contribution in [0.25, 0.3) is 0 Å². The van der Waals surface area contributed by atoms with Gasteiger partial charge in [-0.05, 0) is 31.9 Å². The van der Waals surface area contributed by atoms with Crippen LogP contribution in [0, 0.1) is 6.92 Å². The number of nitrogens with zero attached hydrogens (tertiary/aromatic N) is 3. The van der Waals surface area contributed by atoms with E-state index in [0.717, 1.165) is 23.0 Å². The number of aromatic nitrogens is 3. The summed E-state index contributed by atoms with van der Waals surface area (Å²) < 4.78 is 31.6. The molecule has 1 aliphatic rings. The highest BCUT2D eigenvalue weighted by molar-refractivity contribution is 7.86. The number of hydrogen-bond donors (Lipinski definition) is 0. The average Bonchev–Trinajstić information content (AvgIpc) is 2.58.